The number of aliphatic hydroxyl groups excluding tert-OH is 1. The summed E-state index contributed by atoms with van der Waals surface area (Å²) in [5, 5.41) is 25.4. The summed E-state index contributed by atoms with van der Waals surface area (Å²) < 4.78 is 6.16. The first-order valence-electron chi connectivity index (χ1n) is 20.0. The molecule has 0 bridgehead atoms. The third-order valence-electron chi connectivity index (χ3n) is 16.2. The molecule has 1 heterocycles. The van der Waals surface area contributed by atoms with Gasteiger partial charge < -0.3 is 20.3 Å². The van der Waals surface area contributed by atoms with Crippen molar-refractivity contribution in [2.45, 2.75) is 152 Å². The summed E-state index contributed by atoms with van der Waals surface area (Å²) in [4.78, 5) is 47.2. The number of nitrogens with one attached hydrogen (secondary N) is 1. The van der Waals surface area contributed by atoms with E-state index in [4.69, 9.17) is 4.74 Å². The molecule has 3 N–H and O–H groups in total. The van der Waals surface area contributed by atoms with Gasteiger partial charge in [-0.25, -0.2) is 9.97 Å². The summed E-state index contributed by atoms with van der Waals surface area (Å²) in [5.74, 6) is -0.00154. The van der Waals surface area contributed by atoms with Gasteiger partial charge in [0.1, 0.15) is 12.4 Å². The number of carbonyl (C=O) groups is 3. The largest absolute Gasteiger partial charge is 0.481 e. The summed E-state index contributed by atoms with van der Waals surface area (Å²) in [7, 11) is 0. The van der Waals surface area contributed by atoms with Crippen molar-refractivity contribution in [2.24, 2.45) is 56.2 Å². The maximum Gasteiger partial charge on any atom is 0.309 e. The van der Waals surface area contributed by atoms with Gasteiger partial charge in [-0.15, -0.1) is 0 Å². The Hall–Kier alpha value is -2.65. The fraction of sp³-hybridized carbons (Fsp3) is 0.791. The highest BCUT2D eigenvalue weighted by Gasteiger charge is 2.70. The molecule has 0 saturated heterocycles. The van der Waals surface area contributed by atoms with Gasteiger partial charge in [0.2, 0.25) is 0 Å². The number of aliphatic hydroxyl groups is 1. The summed E-state index contributed by atoms with van der Waals surface area (Å²) in [6.45, 7) is 22.1. The van der Waals surface area contributed by atoms with Crippen LogP contribution in [0.15, 0.2) is 29.9 Å². The van der Waals surface area contributed by atoms with E-state index in [9.17, 15) is 24.6 Å². The van der Waals surface area contributed by atoms with Crippen molar-refractivity contribution in [2.75, 3.05) is 6.54 Å². The van der Waals surface area contributed by atoms with Gasteiger partial charge >= 0.3 is 11.9 Å². The van der Waals surface area contributed by atoms with Crippen LogP contribution in [0, 0.1) is 56.2 Å². The zero-order valence-corrected chi connectivity index (χ0v) is 33.5. The van der Waals surface area contributed by atoms with E-state index in [1.165, 1.54) is 11.9 Å². The number of ether oxygens (including phenoxy) is 1. The highest BCUT2D eigenvalue weighted by Crippen LogP contribution is 2.77. The predicted octanol–water partition coefficient (Wildman–Crippen LogP) is 7.88. The summed E-state index contributed by atoms with van der Waals surface area (Å²) in [5.41, 5.74) is 1.35. The molecule has 288 valence electrons. The van der Waals surface area contributed by atoms with Crippen LogP contribution in [0.2, 0.25) is 0 Å². The number of rotatable bonds is 10. The topological polar surface area (TPSA) is 139 Å². The molecule has 1 aromatic rings. The summed E-state index contributed by atoms with van der Waals surface area (Å²) >= 11 is 0. The van der Waals surface area contributed by atoms with E-state index in [0.29, 0.717) is 24.8 Å². The maximum atomic E-state index is 14.0. The average Bonchev–Trinajstić information content (AvgIpc) is 3.38. The van der Waals surface area contributed by atoms with Crippen LogP contribution in [0.3, 0.4) is 0 Å². The Morgan fingerprint density at radius 3 is 2.25 bits per heavy atom. The van der Waals surface area contributed by atoms with Crippen LogP contribution in [0.25, 0.3) is 0 Å². The fourth-order valence-corrected chi connectivity index (χ4v) is 13.0. The quantitative estimate of drug-likeness (QED) is 0.206. The molecule has 9 nitrogen and oxygen atoms in total. The number of carbonyl (C=O) groups excluding carboxylic acids is 2. The lowest BCUT2D eigenvalue weighted by molar-refractivity contribution is -0.235. The molecule has 5 aliphatic rings. The second-order valence-electron chi connectivity index (χ2n) is 19.9. The van der Waals surface area contributed by atoms with Crippen LogP contribution in [0.1, 0.15) is 145 Å². The first-order valence-corrected chi connectivity index (χ1v) is 20.0. The van der Waals surface area contributed by atoms with E-state index < -0.39 is 28.9 Å². The van der Waals surface area contributed by atoms with Crippen molar-refractivity contribution in [3.8, 4) is 0 Å². The van der Waals surface area contributed by atoms with Crippen molar-refractivity contribution < 1.29 is 29.3 Å². The summed E-state index contributed by atoms with van der Waals surface area (Å²) in [6.07, 6.45) is 12.2. The normalized spacial score (nSPS) is 38.1. The molecule has 2 unspecified atom stereocenters. The SMILES string of the molecule is CC(C)C1=C2[C@H]3CC[C@@H]4[C@@]5(C)CC[C@H](OC(=O)CC(C)(C)C(=O)O)C(C)(C)[C@@H]5CC[C@@]4(C)[C@]3(C)CCC2(C(O)CN[C@@H](C)c2cncnc2)CC1=O. The molecule has 6 rings (SSSR count). The number of esters is 1. The smallest absolute Gasteiger partial charge is 0.309 e. The number of nitrogens with zero attached hydrogens (tertiary/aromatic N) is 2. The van der Waals surface area contributed by atoms with Crippen molar-refractivity contribution in [1.29, 1.82) is 0 Å². The number of allylic oxidation sites excluding steroid dienone is 1. The van der Waals surface area contributed by atoms with E-state index >= 15 is 0 Å². The molecule has 9 heteroatoms. The Balaban J connectivity index is 1.27. The molecule has 0 aromatic carbocycles. The molecule has 0 aliphatic heterocycles. The number of hydrogen-bond acceptors (Lipinski definition) is 8. The molecule has 4 saturated carbocycles. The van der Waals surface area contributed by atoms with E-state index in [2.05, 4.69) is 70.7 Å². The molecule has 0 amide bonds. The number of ketones is 1. The third-order valence-corrected chi connectivity index (χ3v) is 16.2. The summed E-state index contributed by atoms with van der Waals surface area (Å²) in [6, 6.07) is -0.0278. The highest BCUT2D eigenvalue weighted by molar-refractivity contribution is 6.00. The second-order valence-corrected chi connectivity index (χ2v) is 19.9. The monoisotopic (exact) mass is 719 g/mol. The second kappa shape index (κ2) is 13.3. The first-order chi connectivity index (χ1) is 24.2. The van der Waals surface area contributed by atoms with Gasteiger partial charge in [-0.3, -0.25) is 14.4 Å². The van der Waals surface area contributed by atoms with Gasteiger partial charge in [-0.1, -0.05) is 54.0 Å². The average molecular weight is 720 g/mol. The fourth-order valence-electron chi connectivity index (χ4n) is 13.0. The molecular weight excluding hydrogens is 654 g/mol. The van der Waals surface area contributed by atoms with Gasteiger partial charge in [0.15, 0.2) is 5.78 Å². The standard InChI is InChI=1S/C43H65N3O6/c1-25(2)35-29(47)19-43(32(48)23-46-26(3)27-21-44-24-45-22-27)18-17-41(9)28(36(35)43)11-12-31-40(8)15-14-33(52-34(49)20-38(4,5)37(50)51)39(6,7)30(40)13-16-42(31,41)10/h21-22,24-26,28,30-33,46,48H,11-20,23H2,1-10H3,(H,50,51)/t26-,28+,30-,31+,32?,33-,40-,41+,42+,43?/m0/s1. The lowest BCUT2D eigenvalue weighted by Gasteiger charge is -2.72. The Bertz CT molecular complexity index is 1600. The molecule has 4 fully saturated rings. The minimum absolute atomic E-state index is 0.0226. The molecule has 52 heavy (non-hydrogen) atoms. The molecule has 0 radical (unpaired) electrons. The Kier molecular flexibility index (Phi) is 9.97. The Morgan fingerprint density at radius 2 is 1.62 bits per heavy atom. The number of aromatic nitrogens is 2. The van der Waals surface area contributed by atoms with Crippen molar-refractivity contribution >= 4 is 17.7 Å². The third kappa shape index (κ3) is 5.90. The predicted molar refractivity (Wildman–Crippen MR) is 200 cm³/mol. The van der Waals surface area contributed by atoms with Crippen molar-refractivity contribution in [1.82, 2.24) is 15.3 Å². The van der Waals surface area contributed by atoms with Crippen LogP contribution in [-0.4, -0.2) is 56.7 Å². The van der Waals surface area contributed by atoms with Gasteiger partial charge in [0.05, 0.1) is 17.9 Å². The van der Waals surface area contributed by atoms with Crippen molar-refractivity contribution in [3.05, 3.63) is 35.4 Å². The molecule has 10 atom stereocenters. The molecule has 5 aliphatic carbocycles. The van der Waals surface area contributed by atoms with Crippen LogP contribution in [0.4, 0.5) is 0 Å². The van der Waals surface area contributed by atoms with Gasteiger partial charge in [0.25, 0.3) is 0 Å². The first kappa shape index (κ1) is 39.1. The molecule has 0 spiro atoms. The van der Waals surface area contributed by atoms with Crippen LogP contribution in [-0.2, 0) is 19.1 Å². The van der Waals surface area contributed by atoms with Crippen LogP contribution in [0.5, 0.6) is 0 Å². The highest BCUT2D eigenvalue weighted by atomic mass is 16.5. The lowest BCUT2D eigenvalue weighted by atomic mass is 9.33. The van der Waals surface area contributed by atoms with Gasteiger partial charge in [0, 0.05) is 47.8 Å². The van der Waals surface area contributed by atoms with Gasteiger partial charge in [-0.2, -0.15) is 0 Å². The van der Waals surface area contributed by atoms with Crippen molar-refractivity contribution in [3.63, 3.8) is 0 Å². The number of hydrogen-bond donors (Lipinski definition) is 3. The number of carboxylic acids is 1. The minimum atomic E-state index is -1.17. The zero-order valence-electron chi connectivity index (χ0n) is 33.5. The van der Waals surface area contributed by atoms with Gasteiger partial charge in [-0.05, 0) is 118 Å². The van der Waals surface area contributed by atoms with E-state index in [-0.39, 0.29) is 57.8 Å². The number of carboxylic acid groups (broad SMARTS) is 1. The Labute approximate surface area is 311 Å². The number of fused-ring (bicyclic) bond motifs is 7. The van der Waals surface area contributed by atoms with E-state index in [1.54, 1.807) is 26.2 Å². The number of Topliss-reactive ketones (excluding diaryl/α,β-unsaturated/α-hetero) is 1. The zero-order chi connectivity index (χ0) is 38.2. The molecule has 1 aromatic heterocycles. The van der Waals surface area contributed by atoms with E-state index in [1.807, 2.05) is 0 Å². The lowest BCUT2D eigenvalue weighted by Crippen LogP contribution is -2.66. The number of aliphatic carboxylic acids is 1. The maximum absolute atomic E-state index is 14.0. The van der Waals surface area contributed by atoms with Crippen LogP contribution < -0.4 is 5.32 Å². The van der Waals surface area contributed by atoms with Crippen LogP contribution >= 0.6 is 0 Å². The molecular formula is C43H65N3O6. The minimum Gasteiger partial charge on any atom is -0.481 e. The van der Waals surface area contributed by atoms with E-state index in [0.717, 1.165) is 62.5 Å². The Morgan fingerprint density at radius 1 is 0.942 bits per heavy atom.